The molecule has 162 valence electrons. The van der Waals surface area contributed by atoms with E-state index in [0.29, 0.717) is 6.61 Å². The molecule has 0 aromatic heterocycles. The molecule has 0 spiro atoms. The first-order chi connectivity index (χ1) is 15.2. The zero-order valence-electron chi connectivity index (χ0n) is 18.5. The van der Waals surface area contributed by atoms with E-state index in [2.05, 4.69) is 48.2 Å². The Morgan fingerprint density at radius 3 is 2.06 bits per heavy atom. The molecular weight excluding hydrogens is 382 g/mol. The lowest BCUT2D eigenvalue weighted by atomic mass is 9.90. The minimum atomic E-state index is 0.584. The third-order valence-electron chi connectivity index (χ3n) is 6.10. The van der Waals surface area contributed by atoms with Gasteiger partial charge in [0.2, 0.25) is 0 Å². The molecule has 1 aliphatic rings. The van der Waals surface area contributed by atoms with Gasteiger partial charge in [-0.05, 0) is 80.6 Å². The third-order valence-corrected chi connectivity index (χ3v) is 6.10. The minimum absolute atomic E-state index is 0.584. The van der Waals surface area contributed by atoms with Gasteiger partial charge in [0.05, 0.1) is 0 Å². The van der Waals surface area contributed by atoms with E-state index in [9.17, 15) is 0 Å². The summed E-state index contributed by atoms with van der Waals surface area (Å²) >= 11 is 0. The van der Waals surface area contributed by atoms with Crippen molar-refractivity contribution in [2.45, 2.75) is 32.8 Å². The highest BCUT2D eigenvalue weighted by atomic mass is 16.5. The molecule has 0 bridgehead atoms. The summed E-state index contributed by atoms with van der Waals surface area (Å²) in [6, 6.07) is 27.2. The van der Waals surface area contributed by atoms with Crippen molar-refractivity contribution >= 4 is 0 Å². The van der Waals surface area contributed by atoms with Gasteiger partial charge in [0, 0.05) is 6.54 Å². The van der Waals surface area contributed by atoms with Crippen molar-refractivity contribution in [3.8, 4) is 11.5 Å². The molecule has 1 aliphatic heterocycles. The SMILES string of the molecule is Cc1ccc(CC2CCN(CCOc3ccc(OCc4ccccc4)cc3)CC2)cc1. The van der Waals surface area contributed by atoms with Gasteiger partial charge in [-0.3, -0.25) is 4.90 Å². The highest BCUT2D eigenvalue weighted by molar-refractivity contribution is 5.31. The average Bonchev–Trinajstić information content (AvgIpc) is 2.82. The first kappa shape index (κ1) is 21.5. The molecular formula is C28H33NO2. The van der Waals surface area contributed by atoms with Crippen molar-refractivity contribution in [3.05, 3.63) is 95.6 Å². The maximum Gasteiger partial charge on any atom is 0.120 e. The number of aryl methyl sites for hydroxylation is 1. The fourth-order valence-electron chi connectivity index (χ4n) is 4.14. The molecule has 0 N–H and O–H groups in total. The lowest BCUT2D eigenvalue weighted by molar-refractivity contribution is 0.155. The van der Waals surface area contributed by atoms with E-state index in [1.807, 2.05) is 42.5 Å². The Morgan fingerprint density at radius 1 is 0.742 bits per heavy atom. The van der Waals surface area contributed by atoms with Gasteiger partial charge in [0.1, 0.15) is 24.7 Å². The summed E-state index contributed by atoms with van der Waals surface area (Å²) in [5.74, 6) is 2.58. The highest BCUT2D eigenvalue weighted by Crippen LogP contribution is 2.22. The maximum atomic E-state index is 5.96. The number of likely N-dealkylation sites (tertiary alicyclic amines) is 1. The van der Waals surface area contributed by atoms with Crippen LogP contribution in [0.1, 0.15) is 29.5 Å². The van der Waals surface area contributed by atoms with Crippen molar-refractivity contribution in [1.29, 1.82) is 0 Å². The Labute approximate surface area is 186 Å². The van der Waals surface area contributed by atoms with Gasteiger partial charge in [-0.2, -0.15) is 0 Å². The van der Waals surface area contributed by atoms with Crippen LogP contribution in [0.2, 0.25) is 0 Å². The Bertz CT molecular complexity index is 898. The summed E-state index contributed by atoms with van der Waals surface area (Å²) in [5, 5.41) is 0. The second-order valence-electron chi connectivity index (χ2n) is 8.57. The van der Waals surface area contributed by atoms with Gasteiger partial charge in [-0.1, -0.05) is 60.2 Å². The fourth-order valence-corrected chi connectivity index (χ4v) is 4.14. The fraction of sp³-hybridized carbons (Fsp3) is 0.357. The highest BCUT2D eigenvalue weighted by Gasteiger charge is 2.19. The maximum absolute atomic E-state index is 5.96. The van der Waals surface area contributed by atoms with Crippen molar-refractivity contribution in [3.63, 3.8) is 0 Å². The molecule has 0 amide bonds. The van der Waals surface area contributed by atoms with Gasteiger partial charge in [0.25, 0.3) is 0 Å². The van der Waals surface area contributed by atoms with Crippen LogP contribution in [0.25, 0.3) is 0 Å². The number of piperidine rings is 1. The summed E-state index contributed by atoms with van der Waals surface area (Å²) in [5.41, 5.74) is 3.99. The second kappa shape index (κ2) is 11.0. The summed E-state index contributed by atoms with van der Waals surface area (Å²) in [7, 11) is 0. The quantitative estimate of drug-likeness (QED) is 0.434. The molecule has 0 atom stereocenters. The summed E-state index contributed by atoms with van der Waals surface area (Å²) in [4.78, 5) is 2.53. The molecule has 0 radical (unpaired) electrons. The van der Waals surface area contributed by atoms with Gasteiger partial charge in [-0.25, -0.2) is 0 Å². The Hall–Kier alpha value is -2.78. The van der Waals surface area contributed by atoms with E-state index in [1.54, 1.807) is 0 Å². The van der Waals surface area contributed by atoms with E-state index in [4.69, 9.17) is 9.47 Å². The molecule has 31 heavy (non-hydrogen) atoms. The predicted octanol–water partition coefficient (Wildman–Crippen LogP) is 5.91. The number of rotatable bonds is 9. The van der Waals surface area contributed by atoms with Crippen molar-refractivity contribution in [2.75, 3.05) is 26.2 Å². The Kier molecular flexibility index (Phi) is 7.62. The number of benzene rings is 3. The van der Waals surface area contributed by atoms with Crippen LogP contribution in [0.3, 0.4) is 0 Å². The predicted molar refractivity (Wildman–Crippen MR) is 127 cm³/mol. The second-order valence-corrected chi connectivity index (χ2v) is 8.57. The first-order valence-corrected chi connectivity index (χ1v) is 11.4. The number of hydrogen-bond acceptors (Lipinski definition) is 3. The van der Waals surface area contributed by atoms with Gasteiger partial charge < -0.3 is 9.47 Å². The van der Waals surface area contributed by atoms with E-state index in [-0.39, 0.29) is 0 Å². The van der Waals surface area contributed by atoms with Crippen LogP contribution in [0.15, 0.2) is 78.9 Å². The van der Waals surface area contributed by atoms with Crippen molar-refractivity contribution in [1.82, 2.24) is 4.90 Å². The van der Waals surface area contributed by atoms with Crippen LogP contribution >= 0.6 is 0 Å². The summed E-state index contributed by atoms with van der Waals surface area (Å²) in [6.07, 6.45) is 3.77. The summed E-state index contributed by atoms with van der Waals surface area (Å²) < 4.78 is 11.8. The topological polar surface area (TPSA) is 21.7 Å². The standard InChI is InChI=1S/C28H33NO2/c1-23-7-9-24(10-8-23)21-25-15-17-29(18-16-25)19-20-30-27-11-13-28(14-12-27)31-22-26-5-3-2-4-6-26/h2-14,25H,15-22H2,1H3. The Morgan fingerprint density at radius 2 is 1.39 bits per heavy atom. The molecule has 3 aromatic carbocycles. The van der Waals surface area contributed by atoms with Gasteiger partial charge in [-0.15, -0.1) is 0 Å². The van der Waals surface area contributed by atoms with Crippen LogP contribution < -0.4 is 9.47 Å². The molecule has 4 rings (SSSR count). The third kappa shape index (κ3) is 6.86. The van der Waals surface area contributed by atoms with Crippen LogP contribution in [0.5, 0.6) is 11.5 Å². The lowest BCUT2D eigenvalue weighted by Gasteiger charge is -2.32. The zero-order valence-corrected chi connectivity index (χ0v) is 18.5. The van der Waals surface area contributed by atoms with E-state index in [1.165, 1.54) is 49.0 Å². The zero-order chi connectivity index (χ0) is 21.3. The lowest BCUT2D eigenvalue weighted by Crippen LogP contribution is -2.37. The van der Waals surface area contributed by atoms with Crippen molar-refractivity contribution in [2.24, 2.45) is 5.92 Å². The minimum Gasteiger partial charge on any atom is -0.492 e. The number of nitrogens with zero attached hydrogens (tertiary/aromatic N) is 1. The normalized spacial score (nSPS) is 15.0. The van der Waals surface area contributed by atoms with Gasteiger partial charge >= 0.3 is 0 Å². The van der Waals surface area contributed by atoms with E-state index in [0.717, 1.165) is 30.6 Å². The van der Waals surface area contributed by atoms with Crippen LogP contribution in [0, 0.1) is 12.8 Å². The largest absolute Gasteiger partial charge is 0.492 e. The van der Waals surface area contributed by atoms with Crippen LogP contribution in [0.4, 0.5) is 0 Å². The molecule has 1 heterocycles. The average molecular weight is 416 g/mol. The van der Waals surface area contributed by atoms with E-state index < -0.39 is 0 Å². The van der Waals surface area contributed by atoms with Crippen LogP contribution in [-0.4, -0.2) is 31.1 Å². The van der Waals surface area contributed by atoms with Crippen LogP contribution in [-0.2, 0) is 13.0 Å². The number of ether oxygens (including phenoxy) is 2. The molecule has 3 nitrogen and oxygen atoms in total. The molecule has 1 fully saturated rings. The van der Waals surface area contributed by atoms with E-state index >= 15 is 0 Å². The molecule has 3 heteroatoms. The smallest absolute Gasteiger partial charge is 0.120 e. The molecule has 0 unspecified atom stereocenters. The molecule has 1 saturated heterocycles. The molecule has 0 saturated carbocycles. The first-order valence-electron chi connectivity index (χ1n) is 11.4. The number of hydrogen-bond donors (Lipinski definition) is 0. The summed E-state index contributed by atoms with van der Waals surface area (Å²) in [6.45, 7) is 6.80. The molecule has 3 aromatic rings. The van der Waals surface area contributed by atoms with Crippen molar-refractivity contribution < 1.29 is 9.47 Å². The molecule has 0 aliphatic carbocycles. The Balaban J connectivity index is 1.13. The van der Waals surface area contributed by atoms with Gasteiger partial charge in [0.15, 0.2) is 0 Å². The monoisotopic (exact) mass is 415 g/mol.